The molecule has 3 rings (SSSR count). The van der Waals surface area contributed by atoms with E-state index in [1.54, 1.807) is 12.4 Å². The maximum atomic E-state index is 12.3. The van der Waals surface area contributed by atoms with Gasteiger partial charge in [-0.2, -0.15) is 5.10 Å². The fraction of sp³-hybridized carbons (Fsp3) is 0.278. The summed E-state index contributed by atoms with van der Waals surface area (Å²) in [7, 11) is 0. The Hall–Kier alpha value is -2.89. The second-order valence-electron chi connectivity index (χ2n) is 5.77. The number of hydrogen-bond acceptors (Lipinski definition) is 3. The van der Waals surface area contributed by atoms with Crippen LogP contribution >= 0.6 is 0 Å². The van der Waals surface area contributed by atoms with E-state index in [2.05, 4.69) is 15.4 Å². The first kappa shape index (κ1) is 16.0. The van der Waals surface area contributed by atoms with Gasteiger partial charge < -0.3 is 9.88 Å². The van der Waals surface area contributed by atoms with Crippen molar-refractivity contribution in [3.63, 3.8) is 0 Å². The number of rotatable bonds is 4. The lowest BCUT2D eigenvalue weighted by Crippen LogP contribution is -2.13. The van der Waals surface area contributed by atoms with E-state index in [1.807, 2.05) is 61.2 Å². The largest absolute Gasteiger partial charge is 0.321 e. The molecule has 0 radical (unpaired) electrons. The second kappa shape index (κ2) is 6.31. The number of hydrogen-bond donors (Lipinski definition) is 1. The molecule has 2 heterocycles. The number of nitrogens with one attached hydrogen (secondary N) is 1. The number of carbonyl (C=O) groups is 1. The third kappa shape index (κ3) is 2.95. The Kier molecular flexibility index (Phi) is 4.20. The highest BCUT2D eigenvalue weighted by atomic mass is 16.1. The van der Waals surface area contributed by atoms with Crippen LogP contribution in [0.15, 0.2) is 36.7 Å². The lowest BCUT2D eigenvalue weighted by atomic mass is 10.2. The maximum Gasteiger partial charge on any atom is 0.276 e. The first-order valence-corrected chi connectivity index (χ1v) is 7.96. The molecule has 0 aliphatic rings. The van der Waals surface area contributed by atoms with Crippen molar-refractivity contribution in [2.45, 2.75) is 34.2 Å². The second-order valence-corrected chi connectivity index (χ2v) is 5.77. The summed E-state index contributed by atoms with van der Waals surface area (Å²) in [5, 5.41) is 7.18. The van der Waals surface area contributed by atoms with E-state index in [9.17, 15) is 4.79 Å². The van der Waals surface area contributed by atoms with Crippen molar-refractivity contribution in [3.05, 3.63) is 59.4 Å². The van der Waals surface area contributed by atoms with E-state index in [1.165, 1.54) is 0 Å². The van der Waals surface area contributed by atoms with Crippen LogP contribution in [0.5, 0.6) is 0 Å². The van der Waals surface area contributed by atoms with Crippen molar-refractivity contribution in [2.24, 2.45) is 0 Å². The summed E-state index contributed by atoms with van der Waals surface area (Å²) < 4.78 is 3.83. The average molecular weight is 323 g/mol. The third-order valence-electron chi connectivity index (χ3n) is 4.17. The molecule has 0 unspecified atom stereocenters. The van der Waals surface area contributed by atoms with Crippen LogP contribution in [0.2, 0.25) is 0 Å². The molecule has 0 fully saturated rings. The summed E-state index contributed by atoms with van der Waals surface area (Å²) in [6.45, 7) is 8.71. The Bertz CT molecular complexity index is 873. The maximum absolute atomic E-state index is 12.3. The molecule has 124 valence electrons. The van der Waals surface area contributed by atoms with Gasteiger partial charge in [-0.1, -0.05) is 0 Å². The van der Waals surface area contributed by atoms with Crippen LogP contribution in [0.3, 0.4) is 0 Å². The van der Waals surface area contributed by atoms with Gasteiger partial charge in [0.2, 0.25) is 0 Å². The molecule has 1 N–H and O–H groups in total. The van der Waals surface area contributed by atoms with Crippen molar-refractivity contribution >= 4 is 11.6 Å². The van der Waals surface area contributed by atoms with Crippen LogP contribution in [-0.4, -0.2) is 25.2 Å². The molecule has 0 aliphatic heterocycles. The van der Waals surface area contributed by atoms with E-state index in [4.69, 9.17) is 0 Å². The molecule has 0 saturated heterocycles. The fourth-order valence-corrected chi connectivity index (χ4v) is 2.60. The zero-order chi connectivity index (χ0) is 17.3. The zero-order valence-electron chi connectivity index (χ0n) is 14.4. The summed E-state index contributed by atoms with van der Waals surface area (Å²) in [5.74, 6) is -0.201. The van der Waals surface area contributed by atoms with Crippen LogP contribution in [0.25, 0.3) is 5.69 Å². The smallest absolute Gasteiger partial charge is 0.276 e. The number of carbonyl (C=O) groups excluding carboxylic acids is 1. The number of aromatic nitrogens is 4. The Morgan fingerprint density at radius 2 is 1.88 bits per heavy atom. The summed E-state index contributed by atoms with van der Waals surface area (Å²) in [6.07, 6.45) is 1.80. The van der Waals surface area contributed by atoms with Gasteiger partial charge in [-0.25, -0.2) is 4.98 Å². The Labute approximate surface area is 141 Å². The highest BCUT2D eigenvalue weighted by Crippen LogP contribution is 2.17. The quantitative estimate of drug-likeness (QED) is 0.801. The topological polar surface area (TPSA) is 64.7 Å². The first-order chi connectivity index (χ1) is 11.5. The van der Waals surface area contributed by atoms with Gasteiger partial charge in [-0.3, -0.25) is 9.48 Å². The lowest BCUT2D eigenvalue weighted by molar-refractivity contribution is 0.102. The van der Waals surface area contributed by atoms with E-state index in [0.29, 0.717) is 5.69 Å². The van der Waals surface area contributed by atoms with E-state index in [0.717, 1.165) is 35.0 Å². The van der Waals surface area contributed by atoms with Gasteiger partial charge in [0.05, 0.1) is 12.0 Å². The first-order valence-electron chi connectivity index (χ1n) is 7.96. The molecule has 6 heteroatoms. The third-order valence-corrected chi connectivity index (χ3v) is 4.17. The summed E-state index contributed by atoms with van der Waals surface area (Å²) in [4.78, 5) is 16.6. The lowest BCUT2D eigenvalue weighted by Gasteiger charge is -2.08. The van der Waals surface area contributed by atoms with Crippen LogP contribution in [0.4, 0.5) is 5.69 Å². The minimum atomic E-state index is -0.201. The molecule has 6 nitrogen and oxygen atoms in total. The molecule has 2 aromatic heterocycles. The molecule has 1 aromatic carbocycles. The predicted molar refractivity (Wildman–Crippen MR) is 93.6 cm³/mol. The van der Waals surface area contributed by atoms with Crippen molar-refractivity contribution in [2.75, 3.05) is 5.32 Å². The molecule has 1 amide bonds. The Morgan fingerprint density at radius 1 is 1.17 bits per heavy atom. The summed E-state index contributed by atoms with van der Waals surface area (Å²) >= 11 is 0. The van der Waals surface area contributed by atoms with Crippen molar-refractivity contribution in [3.8, 4) is 5.69 Å². The standard InChI is InChI=1S/C18H21N5O/c1-5-23-12(2)10-17(21-23)18(24)20-15-6-8-16(9-7-15)22-11-19-13(3)14(22)4/h6-11H,5H2,1-4H3,(H,20,24). The minimum absolute atomic E-state index is 0.201. The van der Waals surface area contributed by atoms with Crippen molar-refractivity contribution < 1.29 is 4.79 Å². The zero-order valence-corrected chi connectivity index (χ0v) is 14.4. The predicted octanol–water partition coefficient (Wildman–Crippen LogP) is 3.27. The molecule has 0 aliphatic carbocycles. The van der Waals surface area contributed by atoms with Gasteiger partial charge in [0.15, 0.2) is 5.69 Å². The molecule has 24 heavy (non-hydrogen) atoms. The van der Waals surface area contributed by atoms with Crippen LogP contribution in [-0.2, 0) is 6.54 Å². The van der Waals surface area contributed by atoms with Crippen molar-refractivity contribution in [1.82, 2.24) is 19.3 Å². The van der Waals surface area contributed by atoms with Crippen LogP contribution < -0.4 is 5.32 Å². The number of anilines is 1. The van der Waals surface area contributed by atoms with E-state index < -0.39 is 0 Å². The molecular formula is C18H21N5O. The fourth-order valence-electron chi connectivity index (χ4n) is 2.60. The SMILES string of the molecule is CCn1nc(C(=O)Nc2ccc(-n3cnc(C)c3C)cc2)cc1C. The number of amides is 1. The Morgan fingerprint density at radius 3 is 2.42 bits per heavy atom. The summed E-state index contributed by atoms with van der Waals surface area (Å²) in [5.41, 5.74) is 5.27. The van der Waals surface area contributed by atoms with Gasteiger partial charge in [0.1, 0.15) is 0 Å². The number of imidazole rings is 1. The molecule has 0 saturated carbocycles. The molecule has 0 spiro atoms. The van der Waals surface area contributed by atoms with Gasteiger partial charge in [0.25, 0.3) is 5.91 Å². The van der Waals surface area contributed by atoms with E-state index >= 15 is 0 Å². The molecule has 0 atom stereocenters. The van der Waals surface area contributed by atoms with Gasteiger partial charge in [-0.15, -0.1) is 0 Å². The number of aryl methyl sites for hydroxylation is 3. The van der Waals surface area contributed by atoms with E-state index in [-0.39, 0.29) is 5.91 Å². The monoisotopic (exact) mass is 323 g/mol. The minimum Gasteiger partial charge on any atom is -0.321 e. The van der Waals surface area contributed by atoms with Gasteiger partial charge in [-0.05, 0) is 58.0 Å². The number of benzene rings is 1. The van der Waals surface area contributed by atoms with Crippen LogP contribution in [0.1, 0.15) is 34.5 Å². The highest BCUT2D eigenvalue weighted by Gasteiger charge is 2.12. The van der Waals surface area contributed by atoms with Crippen molar-refractivity contribution in [1.29, 1.82) is 0 Å². The Balaban J connectivity index is 1.76. The number of nitrogens with zero attached hydrogens (tertiary/aromatic N) is 4. The molecular weight excluding hydrogens is 302 g/mol. The van der Waals surface area contributed by atoms with Gasteiger partial charge in [0, 0.05) is 29.3 Å². The normalized spacial score (nSPS) is 10.8. The summed E-state index contributed by atoms with van der Waals surface area (Å²) in [6, 6.07) is 9.47. The molecule has 3 aromatic rings. The average Bonchev–Trinajstić information content (AvgIpc) is 3.12. The van der Waals surface area contributed by atoms with Gasteiger partial charge >= 0.3 is 0 Å². The molecule has 0 bridgehead atoms. The highest BCUT2D eigenvalue weighted by molar-refractivity contribution is 6.02. The van der Waals surface area contributed by atoms with Crippen LogP contribution in [0, 0.1) is 20.8 Å².